The van der Waals surface area contributed by atoms with Crippen molar-refractivity contribution in [2.45, 2.75) is 12.5 Å². The van der Waals surface area contributed by atoms with Gasteiger partial charge in [-0.15, -0.1) is 0 Å². The fraction of sp³-hybridized carbons (Fsp3) is 0.364. The Kier molecular flexibility index (Phi) is 6.16. The summed E-state index contributed by atoms with van der Waals surface area (Å²) in [6.45, 7) is 1.97. The van der Waals surface area contributed by atoms with Gasteiger partial charge in [-0.05, 0) is 41.1 Å². The van der Waals surface area contributed by atoms with Gasteiger partial charge in [0, 0.05) is 19.6 Å². The van der Waals surface area contributed by atoms with E-state index in [9.17, 15) is 4.79 Å². The molecule has 1 amide bonds. The molecule has 0 aliphatic carbocycles. The summed E-state index contributed by atoms with van der Waals surface area (Å²) in [5.74, 6) is -0.0919. The summed E-state index contributed by atoms with van der Waals surface area (Å²) in [5.41, 5.74) is 0.324. The summed E-state index contributed by atoms with van der Waals surface area (Å²) in [4.78, 5) is 12.1. The number of hydrogen-bond acceptors (Lipinski definition) is 1. The van der Waals surface area contributed by atoms with Crippen LogP contribution in [0.15, 0.2) is 27.1 Å². The molecule has 0 saturated carbocycles. The Bertz CT molecular complexity index is 418. The smallest absolute Gasteiger partial charge is 0.252 e. The van der Waals surface area contributed by atoms with Gasteiger partial charge in [0.15, 0.2) is 0 Å². The Morgan fingerprint density at radius 3 is 2.35 bits per heavy atom. The first kappa shape index (κ1) is 15.7. The van der Waals surface area contributed by atoms with E-state index in [-0.39, 0.29) is 11.4 Å². The van der Waals surface area contributed by atoms with Crippen LogP contribution in [-0.2, 0) is 0 Å². The molecule has 1 rings (SSSR count). The van der Waals surface area contributed by atoms with Crippen molar-refractivity contribution < 1.29 is 4.79 Å². The normalized spacial score (nSPS) is 11.4. The largest absolute Gasteiger partial charge is 0.345 e. The average molecular weight is 493 g/mol. The van der Waals surface area contributed by atoms with Gasteiger partial charge in [-0.2, -0.15) is 0 Å². The van der Waals surface area contributed by atoms with Crippen LogP contribution in [0.25, 0.3) is 0 Å². The molecule has 0 radical (unpaired) electrons. The lowest BCUT2D eigenvalue weighted by Crippen LogP contribution is -2.49. The first-order valence-corrected chi connectivity index (χ1v) is 8.64. The second kappa shape index (κ2) is 6.68. The predicted molar refractivity (Wildman–Crippen MR) is 85.3 cm³/mol. The molecule has 0 spiro atoms. The van der Waals surface area contributed by atoms with E-state index in [0.717, 1.165) is 8.95 Å². The molecule has 0 atom stereocenters. The van der Waals surface area contributed by atoms with E-state index in [2.05, 4.69) is 69.0 Å². The highest BCUT2D eigenvalue weighted by Crippen LogP contribution is 2.23. The van der Waals surface area contributed by atoms with E-state index in [1.807, 2.05) is 19.1 Å². The number of carbonyl (C=O) groups excluding carboxylic acids is 1. The molecule has 0 aliphatic rings. The van der Waals surface area contributed by atoms with Gasteiger partial charge in [0.25, 0.3) is 5.91 Å². The van der Waals surface area contributed by atoms with Crippen molar-refractivity contribution in [2.24, 2.45) is 0 Å². The Morgan fingerprint density at radius 1 is 1.29 bits per heavy atom. The summed E-state index contributed by atoms with van der Waals surface area (Å²) >= 11 is 13.5. The molecule has 0 bridgehead atoms. The highest BCUT2D eigenvalue weighted by Gasteiger charge is 2.25. The minimum Gasteiger partial charge on any atom is -0.345 e. The van der Waals surface area contributed by atoms with Crippen LogP contribution < -0.4 is 5.32 Å². The maximum atomic E-state index is 12.1. The Labute approximate surface area is 134 Å². The van der Waals surface area contributed by atoms with Crippen LogP contribution in [0.5, 0.6) is 0 Å². The fourth-order valence-corrected chi connectivity index (χ4v) is 3.55. The van der Waals surface area contributed by atoms with Crippen LogP contribution in [0.3, 0.4) is 0 Å². The first-order valence-electron chi connectivity index (χ1n) is 4.81. The zero-order chi connectivity index (χ0) is 13.1. The van der Waals surface area contributed by atoms with Crippen molar-refractivity contribution in [3.05, 3.63) is 32.7 Å². The van der Waals surface area contributed by atoms with Crippen LogP contribution in [-0.4, -0.2) is 22.1 Å². The summed E-state index contributed by atoms with van der Waals surface area (Å²) in [5, 5.41) is 4.36. The second-order valence-electron chi connectivity index (χ2n) is 3.91. The third-order valence-electron chi connectivity index (χ3n) is 2.18. The van der Waals surface area contributed by atoms with Crippen molar-refractivity contribution in [2.75, 3.05) is 10.7 Å². The number of rotatable bonds is 4. The number of nitrogens with one attached hydrogen (secondary N) is 1. The standard InChI is InChI=1S/C11H11Br4NO/c1-11(5-12,6-13)16-10(17)8-3-2-7(14)4-9(8)15/h2-4H,5-6H2,1H3,(H,16,17). The van der Waals surface area contributed by atoms with Crippen LogP contribution in [0, 0.1) is 0 Å². The highest BCUT2D eigenvalue weighted by atomic mass is 79.9. The minimum absolute atomic E-state index is 0.0919. The highest BCUT2D eigenvalue weighted by molar-refractivity contribution is 9.11. The zero-order valence-electron chi connectivity index (χ0n) is 9.07. The second-order valence-corrected chi connectivity index (χ2v) is 6.80. The molecule has 2 nitrogen and oxygen atoms in total. The van der Waals surface area contributed by atoms with Crippen molar-refractivity contribution in [3.63, 3.8) is 0 Å². The lowest BCUT2D eigenvalue weighted by Gasteiger charge is -2.26. The van der Waals surface area contributed by atoms with E-state index in [0.29, 0.717) is 16.2 Å². The van der Waals surface area contributed by atoms with Crippen LogP contribution in [0.1, 0.15) is 17.3 Å². The van der Waals surface area contributed by atoms with Crippen LogP contribution >= 0.6 is 63.7 Å². The summed E-state index contributed by atoms with van der Waals surface area (Å²) in [6.07, 6.45) is 0. The van der Waals surface area contributed by atoms with E-state index in [4.69, 9.17) is 0 Å². The number of benzene rings is 1. The Hall–Kier alpha value is 0.610. The molecule has 0 fully saturated rings. The minimum atomic E-state index is -0.302. The maximum Gasteiger partial charge on any atom is 0.252 e. The van der Waals surface area contributed by atoms with Gasteiger partial charge in [-0.25, -0.2) is 0 Å². The molecule has 1 N–H and O–H groups in total. The van der Waals surface area contributed by atoms with Crippen LogP contribution in [0.2, 0.25) is 0 Å². The number of halogens is 4. The molecular formula is C11H11Br4NO. The van der Waals surface area contributed by atoms with Gasteiger partial charge in [0.2, 0.25) is 0 Å². The van der Waals surface area contributed by atoms with E-state index < -0.39 is 0 Å². The number of carbonyl (C=O) groups is 1. The molecule has 94 valence electrons. The monoisotopic (exact) mass is 489 g/mol. The van der Waals surface area contributed by atoms with Gasteiger partial charge in [-0.3, -0.25) is 4.79 Å². The molecule has 6 heteroatoms. The molecule has 1 aromatic carbocycles. The SMILES string of the molecule is CC(CBr)(CBr)NC(=O)c1ccc(Br)cc1Br. The quantitative estimate of drug-likeness (QED) is 0.617. The number of amides is 1. The van der Waals surface area contributed by atoms with Crippen molar-refractivity contribution >= 4 is 69.6 Å². The first-order chi connectivity index (χ1) is 7.91. The molecule has 0 aromatic heterocycles. The molecule has 17 heavy (non-hydrogen) atoms. The number of hydrogen-bond donors (Lipinski definition) is 1. The average Bonchev–Trinajstić information content (AvgIpc) is 2.28. The maximum absolute atomic E-state index is 12.1. The third-order valence-corrected chi connectivity index (χ3v) is 5.81. The summed E-state index contributed by atoms with van der Waals surface area (Å²) in [7, 11) is 0. The van der Waals surface area contributed by atoms with Crippen LogP contribution in [0.4, 0.5) is 0 Å². The Balaban J connectivity index is 2.90. The number of alkyl halides is 2. The molecule has 0 aliphatic heterocycles. The van der Waals surface area contributed by atoms with Crippen molar-refractivity contribution in [1.82, 2.24) is 5.32 Å². The van der Waals surface area contributed by atoms with E-state index in [1.54, 1.807) is 6.07 Å². The third kappa shape index (κ3) is 4.33. The molecular weight excluding hydrogens is 482 g/mol. The van der Waals surface area contributed by atoms with Crippen molar-refractivity contribution in [1.29, 1.82) is 0 Å². The molecule has 0 heterocycles. The molecule has 0 unspecified atom stereocenters. The van der Waals surface area contributed by atoms with Crippen molar-refractivity contribution in [3.8, 4) is 0 Å². The molecule has 0 saturated heterocycles. The van der Waals surface area contributed by atoms with Gasteiger partial charge >= 0.3 is 0 Å². The topological polar surface area (TPSA) is 29.1 Å². The summed E-state index contributed by atoms with van der Waals surface area (Å²) < 4.78 is 1.71. The van der Waals surface area contributed by atoms with Gasteiger partial charge < -0.3 is 5.32 Å². The van der Waals surface area contributed by atoms with Gasteiger partial charge in [0.1, 0.15) is 0 Å². The van der Waals surface area contributed by atoms with E-state index in [1.165, 1.54) is 0 Å². The lowest BCUT2D eigenvalue weighted by molar-refractivity contribution is 0.0922. The van der Waals surface area contributed by atoms with E-state index >= 15 is 0 Å². The van der Waals surface area contributed by atoms with Gasteiger partial charge in [0.05, 0.1) is 11.1 Å². The predicted octanol–water partition coefficient (Wildman–Crippen LogP) is 4.49. The summed E-state index contributed by atoms with van der Waals surface area (Å²) in [6, 6.07) is 5.49. The fourth-order valence-electron chi connectivity index (χ4n) is 1.12. The van der Waals surface area contributed by atoms with Gasteiger partial charge in [-0.1, -0.05) is 47.8 Å². The Morgan fingerprint density at radius 2 is 1.88 bits per heavy atom. The lowest BCUT2D eigenvalue weighted by atomic mass is 10.1. The zero-order valence-corrected chi connectivity index (χ0v) is 15.4. The molecule has 1 aromatic rings.